The summed E-state index contributed by atoms with van der Waals surface area (Å²) >= 11 is 0. The van der Waals surface area contributed by atoms with Crippen molar-refractivity contribution in [3.63, 3.8) is 0 Å². The standard InChI is InChI=1S/C19H40O2.C12H26O2/c1-2-3-4-5-6-9-12-15-19(18-21)16-13-10-7-8-11-14-17-20;13-11-9-7-5-3-1-2-4-6-8-10-12-14/h19-21H,2-18H2,1H3;13-14H,1-12H2. The second-order valence-corrected chi connectivity index (χ2v) is 10.6. The first-order valence-corrected chi connectivity index (χ1v) is 15.7. The van der Waals surface area contributed by atoms with E-state index in [4.69, 9.17) is 15.3 Å². The van der Waals surface area contributed by atoms with Crippen LogP contribution in [0.2, 0.25) is 0 Å². The highest BCUT2D eigenvalue weighted by Gasteiger charge is 2.06. The Morgan fingerprint density at radius 1 is 0.343 bits per heavy atom. The van der Waals surface area contributed by atoms with Gasteiger partial charge in [-0.25, -0.2) is 0 Å². The molecule has 214 valence electrons. The summed E-state index contributed by atoms with van der Waals surface area (Å²) in [5, 5.41) is 35.3. The topological polar surface area (TPSA) is 80.9 Å². The molecule has 0 rings (SSSR count). The lowest BCUT2D eigenvalue weighted by molar-refractivity contribution is 0.204. The molecule has 0 heterocycles. The smallest absolute Gasteiger partial charge is 0.0459 e. The summed E-state index contributed by atoms with van der Waals surface area (Å²) in [7, 11) is 0. The van der Waals surface area contributed by atoms with Gasteiger partial charge >= 0.3 is 0 Å². The molecule has 0 aromatic carbocycles. The van der Waals surface area contributed by atoms with E-state index in [9.17, 15) is 5.11 Å². The van der Waals surface area contributed by atoms with Crippen molar-refractivity contribution in [1.29, 1.82) is 0 Å². The van der Waals surface area contributed by atoms with E-state index in [1.807, 2.05) is 0 Å². The zero-order valence-electron chi connectivity index (χ0n) is 23.9. The SMILES string of the molecule is CCCCCCCCCC(CO)CCCCCCCCO.OCCCCCCCCCCCCO. The van der Waals surface area contributed by atoms with Crippen LogP contribution in [0, 0.1) is 5.92 Å². The van der Waals surface area contributed by atoms with Gasteiger partial charge in [0.1, 0.15) is 0 Å². The van der Waals surface area contributed by atoms with E-state index in [-0.39, 0.29) is 0 Å². The van der Waals surface area contributed by atoms with Crippen molar-refractivity contribution in [3.8, 4) is 0 Å². The van der Waals surface area contributed by atoms with Crippen LogP contribution < -0.4 is 0 Å². The minimum Gasteiger partial charge on any atom is -0.396 e. The van der Waals surface area contributed by atoms with Crippen molar-refractivity contribution in [2.24, 2.45) is 5.92 Å². The van der Waals surface area contributed by atoms with E-state index in [2.05, 4.69) is 6.92 Å². The number of unbranched alkanes of at least 4 members (excludes halogenated alkanes) is 20. The average Bonchev–Trinajstić information content (AvgIpc) is 2.88. The maximum Gasteiger partial charge on any atom is 0.0459 e. The molecule has 1 atom stereocenters. The Labute approximate surface area is 220 Å². The molecule has 0 saturated carbocycles. The third kappa shape index (κ3) is 36.1. The summed E-state index contributed by atoms with van der Waals surface area (Å²) < 4.78 is 0. The molecule has 0 fully saturated rings. The van der Waals surface area contributed by atoms with Crippen LogP contribution in [0.5, 0.6) is 0 Å². The van der Waals surface area contributed by atoms with E-state index in [0.717, 1.165) is 25.7 Å². The number of aliphatic hydroxyl groups is 4. The summed E-state index contributed by atoms with van der Waals surface area (Å²) in [4.78, 5) is 0. The van der Waals surface area contributed by atoms with Gasteiger partial charge in [0.25, 0.3) is 0 Å². The lowest BCUT2D eigenvalue weighted by Gasteiger charge is -2.13. The van der Waals surface area contributed by atoms with Gasteiger partial charge in [0.15, 0.2) is 0 Å². The summed E-state index contributed by atoms with van der Waals surface area (Å²) in [5.74, 6) is 0.540. The van der Waals surface area contributed by atoms with E-state index in [1.165, 1.54) is 135 Å². The molecule has 0 aromatic rings. The van der Waals surface area contributed by atoms with Crippen LogP contribution in [-0.4, -0.2) is 46.9 Å². The first-order valence-electron chi connectivity index (χ1n) is 15.7. The fourth-order valence-corrected chi connectivity index (χ4v) is 4.61. The van der Waals surface area contributed by atoms with Gasteiger partial charge in [0, 0.05) is 26.4 Å². The van der Waals surface area contributed by atoms with Crippen LogP contribution >= 0.6 is 0 Å². The molecular formula is C31H66O4. The van der Waals surface area contributed by atoms with Crippen LogP contribution in [0.1, 0.15) is 167 Å². The zero-order valence-corrected chi connectivity index (χ0v) is 23.9. The molecule has 1 unspecified atom stereocenters. The number of rotatable bonds is 28. The van der Waals surface area contributed by atoms with Crippen LogP contribution in [0.25, 0.3) is 0 Å². The molecule has 0 bridgehead atoms. The predicted molar refractivity (Wildman–Crippen MR) is 153 cm³/mol. The second-order valence-electron chi connectivity index (χ2n) is 10.6. The van der Waals surface area contributed by atoms with Crippen molar-refractivity contribution in [3.05, 3.63) is 0 Å². The Balaban J connectivity index is 0. The van der Waals surface area contributed by atoms with E-state index < -0.39 is 0 Å². The lowest BCUT2D eigenvalue weighted by Crippen LogP contribution is -2.06. The molecular weight excluding hydrogens is 436 g/mol. The third-order valence-corrected chi connectivity index (χ3v) is 7.06. The van der Waals surface area contributed by atoms with Gasteiger partial charge in [-0.3, -0.25) is 0 Å². The minimum absolute atomic E-state index is 0.338. The van der Waals surface area contributed by atoms with Gasteiger partial charge in [-0.1, -0.05) is 135 Å². The molecule has 0 aliphatic carbocycles. The largest absolute Gasteiger partial charge is 0.396 e. The first kappa shape index (κ1) is 37.0. The number of hydrogen-bond donors (Lipinski definition) is 4. The van der Waals surface area contributed by atoms with Gasteiger partial charge in [-0.05, 0) is 38.0 Å². The monoisotopic (exact) mass is 502 g/mol. The van der Waals surface area contributed by atoms with E-state index in [0.29, 0.717) is 32.3 Å². The molecule has 0 spiro atoms. The molecule has 0 aliphatic heterocycles. The molecule has 0 aliphatic rings. The van der Waals surface area contributed by atoms with E-state index >= 15 is 0 Å². The van der Waals surface area contributed by atoms with Crippen LogP contribution in [0.3, 0.4) is 0 Å². The predicted octanol–water partition coefficient (Wildman–Crippen LogP) is 8.33. The fourth-order valence-electron chi connectivity index (χ4n) is 4.61. The molecule has 0 saturated heterocycles. The highest BCUT2D eigenvalue weighted by molar-refractivity contribution is 4.59. The third-order valence-electron chi connectivity index (χ3n) is 7.06. The van der Waals surface area contributed by atoms with E-state index in [1.54, 1.807) is 0 Å². The highest BCUT2D eigenvalue weighted by Crippen LogP contribution is 2.19. The Morgan fingerprint density at radius 3 is 0.857 bits per heavy atom. The van der Waals surface area contributed by atoms with Crippen molar-refractivity contribution in [2.45, 2.75) is 167 Å². The first-order chi connectivity index (χ1) is 17.3. The van der Waals surface area contributed by atoms with Crippen molar-refractivity contribution in [2.75, 3.05) is 26.4 Å². The Morgan fingerprint density at radius 2 is 0.600 bits per heavy atom. The van der Waals surface area contributed by atoms with Crippen molar-refractivity contribution >= 4 is 0 Å². The molecule has 0 aromatic heterocycles. The van der Waals surface area contributed by atoms with Crippen LogP contribution in [0.4, 0.5) is 0 Å². The van der Waals surface area contributed by atoms with Gasteiger partial charge < -0.3 is 20.4 Å². The number of aliphatic hydroxyl groups excluding tert-OH is 4. The Hall–Kier alpha value is -0.160. The summed E-state index contributed by atoms with van der Waals surface area (Å²) in [6.45, 7) is 3.67. The summed E-state index contributed by atoms with van der Waals surface area (Å²) in [5.41, 5.74) is 0. The second kappa shape index (κ2) is 36.0. The quantitative estimate of drug-likeness (QED) is 0.0810. The van der Waals surface area contributed by atoms with Crippen molar-refractivity contribution in [1.82, 2.24) is 0 Å². The molecule has 4 N–H and O–H groups in total. The summed E-state index contributed by atoms with van der Waals surface area (Å²) in [6.07, 6.45) is 31.3. The van der Waals surface area contributed by atoms with Gasteiger partial charge in [-0.15, -0.1) is 0 Å². The normalized spacial score (nSPS) is 11.9. The average molecular weight is 503 g/mol. The molecule has 0 amide bonds. The highest BCUT2D eigenvalue weighted by atomic mass is 16.3. The molecule has 0 radical (unpaired) electrons. The molecule has 35 heavy (non-hydrogen) atoms. The van der Waals surface area contributed by atoms with Crippen LogP contribution in [-0.2, 0) is 0 Å². The number of hydrogen-bond acceptors (Lipinski definition) is 4. The lowest BCUT2D eigenvalue weighted by atomic mass is 9.95. The summed E-state index contributed by atoms with van der Waals surface area (Å²) in [6, 6.07) is 0. The van der Waals surface area contributed by atoms with Gasteiger partial charge in [0.05, 0.1) is 0 Å². The maximum absolute atomic E-state index is 9.44. The fraction of sp³-hybridized carbons (Fsp3) is 1.00. The van der Waals surface area contributed by atoms with Crippen LogP contribution in [0.15, 0.2) is 0 Å². The molecule has 4 nitrogen and oxygen atoms in total. The Kier molecular flexibility index (Phi) is 38.1. The maximum atomic E-state index is 9.44. The zero-order chi connectivity index (χ0) is 26.1. The Bertz CT molecular complexity index is 308. The van der Waals surface area contributed by atoms with Crippen molar-refractivity contribution < 1.29 is 20.4 Å². The van der Waals surface area contributed by atoms with Gasteiger partial charge in [0.2, 0.25) is 0 Å². The van der Waals surface area contributed by atoms with Gasteiger partial charge in [-0.2, -0.15) is 0 Å². The molecule has 4 heteroatoms. The minimum atomic E-state index is 0.338.